The zero-order chi connectivity index (χ0) is 12.7. The topological polar surface area (TPSA) is 44.8 Å². The van der Waals surface area contributed by atoms with Gasteiger partial charge in [-0.05, 0) is 26.0 Å². The maximum Gasteiger partial charge on any atom is 0.160 e. The Balaban J connectivity index is 2.83. The molecule has 4 heteroatoms. The fraction of sp³-hybridized carbons (Fsp3) is 0.462. The minimum Gasteiger partial charge on any atom is -0.494 e. The number of hydrogen-bond acceptors (Lipinski definition) is 4. The minimum atomic E-state index is -0.0110. The first-order valence-electron chi connectivity index (χ1n) is 5.58. The van der Waals surface area contributed by atoms with E-state index in [4.69, 9.17) is 14.2 Å². The number of carbonyl (C=O) groups is 1. The van der Waals surface area contributed by atoms with Gasteiger partial charge in [0.2, 0.25) is 0 Å². The van der Waals surface area contributed by atoms with Crippen molar-refractivity contribution in [3.8, 4) is 11.5 Å². The van der Waals surface area contributed by atoms with E-state index in [2.05, 4.69) is 0 Å². The van der Waals surface area contributed by atoms with E-state index in [0.717, 1.165) is 0 Å². The molecule has 0 saturated heterocycles. The predicted octanol–water partition coefficient (Wildman–Crippen LogP) is 2.31. The van der Waals surface area contributed by atoms with Gasteiger partial charge in [0.25, 0.3) is 0 Å². The molecule has 0 amide bonds. The molecule has 4 nitrogen and oxygen atoms in total. The van der Waals surface area contributed by atoms with Gasteiger partial charge in [-0.15, -0.1) is 0 Å². The largest absolute Gasteiger partial charge is 0.494 e. The first-order valence-corrected chi connectivity index (χ1v) is 5.58. The monoisotopic (exact) mass is 238 g/mol. The average Bonchev–Trinajstić information content (AvgIpc) is 2.29. The van der Waals surface area contributed by atoms with Crippen LogP contribution in [0.3, 0.4) is 0 Å². The highest BCUT2D eigenvalue weighted by atomic mass is 16.5. The quantitative estimate of drug-likeness (QED) is 0.540. The molecule has 0 atom stereocenters. The highest BCUT2D eigenvalue weighted by Gasteiger charge is 2.06. The third kappa shape index (κ3) is 4.44. The highest BCUT2D eigenvalue weighted by Crippen LogP contribution is 2.23. The summed E-state index contributed by atoms with van der Waals surface area (Å²) >= 11 is 0. The van der Waals surface area contributed by atoms with Gasteiger partial charge in [-0.1, -0.05) is 0 Å². The molecule has 0 N–H and O–H groups in total. The van der Waals surface area contributed by atoms with Crippen molar-refractivity contribution in [1.82, 2.24) is 0 Å². The van der Waals surface area contributed by atoms with Gasteiger partial charge in [-0.3, -0.25) is 4.79 Å². The molecule has 94 valence electrons. The zero-order valence-corrected chi connectivity index (χ0v) is 10.5. The molecule has 0 radical (unpaired) electrons. The van der Waals surface area contributed by atoms with Gasteiger partial charge in [-0.25, -0.2) is 0 Å². The van der Waals surface area contributed by atoms with Crippen LogP contribution in [-0.4, -0.2) is 32.7 Å². The van der Waals surface area contributed by atoms with Crippen LogP contribution >= 0.6 is 0 Å². The van der Waals surface area contributed by atoms with Gasteiger partial charge in [0.1, 0.15) is 18.1 Å². The van der Waals surface area contributed by atoms with E-state index in [1.54, 1.807) is 25.3 Å². The summed E-state index contributed by atoms with van der Waals surface area (Å²) in [5.74, 6) is 1.26. The Hall–Kier alpha value is -1.55. The summed E-state index contributed by atoms with van der Waals surface area (Å²) in [5, 5.41) is 0. The van der Waals surface area contributed by atoms with Crippen LogP contribution in [0.15, 0.2) is 18.2 Å². The molecule has 0 aliphatic heterocycles. The van der Waals surface area contributed by atoms with Crippen molar-refractivity contribution in [1.29, 1.82) is 0 Å². The second-order valence-corrected chi connectivity index (χ2v) is 3.52. The second kappa shape index (κ2) is 6.91. The lowest BCUT2D eigenvalue weighted by Gasteiger charge is -2.10. The SMILES string of the molecule is CCOc1cc(OCCOC)cc(C(C)=O)c1. The van der Waals surface area contributed by atoms with E-state index < -0.39 is 0 Å². The number of ketones is 1. The summed E-state index contributed by atoms with van der Waals surface area (Å²) in [6, 6.07) is 5.20. The molecule has 1 rings (SSSR count). The molecular weight excluding hydrogens is 220 g/mol. The molecule has 0 aliphatic rings. The van der Waals surface area contributed by atoms with Gasteiger partial charge in [0, 0.05) is 18.7 Å². The molecule has 1 aromatic rings. The van der Waals surface area contributed by atoms with Crippen molar-refractivity contribution in [2.24, 2.45) is 0 Å². The molecule has 17 heavy (non-hydrogen) atoms. The summed E-state index contributed by atoms with van der Waals surface area (Å²) in [5.41, 5.74) is 0.586. The van der Waals surface area contributed by atoms with Gasteiger partial charge in [0.05, 0.1) is 13.2 Å². The lowest BCUT2D eigenvalue weighted by atomic mass is 10.1. The Labute approximate surface area is 101 Å². The number of ether oxygens (including phenoxy) is 3. The number of methoxy groups -OCH3 is 1. The summed E-state index contributed by atoms with van der Waals surface area (Å²) in [7, 11) is 1.61. The van der Waals surface area contributed by atoms with Crippen LogP contribution in [0, 0.1) is 0 Å². The number of carbonyl (C=O) groups excluding carboxylic acids is 1. The van der Waals surface area contributed by atoms with Crippen LogP contribution in [-0.2, 0) is 4.74 Å². The summed E-state index contributed by atoms with van der Waals surface area (Å²) < 4.78 is 15.7. The van der Waals surface area contributed by atoms with Crippen molar-refractivity contribution in [2.45, 2.75) is 13.8 Å². The molecule has 0 spiro atoms. The Morgan fingerprint density at radius 2 is 1.76 bits per heavy atom. The molecule has 0 bridgehead atoms. The van der Waals surface area contributed by atoms with E-state index >= 15 is 0 Å². The molecule has 0 saturated carbocycles. The minimum absolute atomic E-state index is 0.0110. The van der Waals surface area contributed by atoms with Gasteiger partial charge in [0.15, 0.2) is 5.78 Å². The fourth-order valence-electron chi connectivity index (χ4n) is 1.35. The zero-order valence-electron chi connectivity index (χ0n) is 10.5. The molecular formula is C13H18O4. The van der Waals surface area contributed by atoms with E-state index in [0.29, 0.717) is 36.9 Å². The van der Waals surface area contributed by atoms with Crippen LogP contribution in [0.25, 0.3) is 0 Å². The van der Waals surface area contributed by atoms with E-state index in [1.807, 2.05) is 6.92 Å². The van der Waals surface area contributed by atoms with Gasteiger partial charge in [-0.2, -0.15) is 0 Å². The van der Waals surface area contributed by atoms with Crippen LogP contribution in [0.5, 0.6) is 11.5 Å². The number of benzene rings is 1. The average molecular weight is 238 g/mol. The first kappa shape index (κ1) is 13.5. The third-order valence-electron chi connectivity index (χ3n) is 2.15. The highest BCUT2D eigenvalue weighted by molar-refractivity contribution is 5.94. The van der Waals surface area contributed by atoms with Crippen LogP contribution in [0.4, 0.5) is 0 Å². The van der Waals surface area contributed by atoms with E-state index in [1.165, 1.54) is 6.92 Å². The lowest BCUT2D eigenvalue weighted by Crippen LogP contribution is -2.05. The van der Waals surface area contributed by atoms with E-state index in [-0.39, 0.29) is 5.78 Å². The molecule has 0 fully saturated rings. The number of rotatable bonds is 7. The summed E-state index contributed by atoms with van der Waals surface area (Å²) in [6.07, 6.45) is 0. The van der Waals surface area contributed by atoms with Crippen LogP contribution < -0.4 is 9.47 Å². The lowest BCUT2D eigenvalue weighted by molar-refractivity contribution is 0.101. The Morgan fingerprint density at radius 1 is 1.12 bits per heavy atom. The Bertz CT molecular complexity index is 374. The normalized spacial score (nSPS) is 10.1. The molecule has 0 unspecified atom stereocenters. The van der Waals surface area contributed by atoms with Crippen LogP contribution in [0.1, 0.15) is 24.2 Å². The maximum atomic E-state index is 11.3. The van der Waals surface area contributed by atoms with Crippen molar-refractivity contribution in [2.75, 3.05) is 26.9 Å². The summed E-state index contributed by atoms with van der Waals surface area (Å²) in [6.45, 7) is 4.92. The smallest absolute Gasteiger partial charge is 0.160 e. The van der Waals surface area contributed by atoms with E-state index in [9.17, 15) is 4.79 Å². The number of Topliss-reactive ketones (excluding diaryl/α,β-unsaturated/α-hetero) is 1. The van der Waals surface area contributed by atoms with Crippen molar-refractivity contribution in [3.63, 3.8) is 0 Å². The molecule has 0 aliphatic carbocycles. The molecule has 0 aromatic heterocycles. The summed E-state index contributed by atoms with van der Waals surface area (Å²) in [4.78, 5) is 11.3. The van der Waals surface area contributed by atoms with Gasteiger partial charge >= 0.3 is 0 Å². The number of hydrogen-bond donors (Lipinski definition) is 0. The Kier molecular flexibility index (Phi) is 5.49. The Morgan fingerprint density at radius 3 is 2.29 bits per heavy atom. The molecule has 0 heterocycles. The second-order valence-electron chi connectivity index (χ2n) is 3.52. The first-order chi connectivity index (χ1) is 8.17. The van der Waals surface area contributed by atoms with Crippen LogP contribution in [0.2, 0.25) is 0 Å². The maximum absolute atomic E-state index is 11.3. The predicted molar refractivity (Wildman–Crippen MR) is 65.0 cm³/mol. The van der Waals surface area contributed by atoms with Crippen molar-refractivity contribution < 1.29 is 19.0 Å². The van der Waals surface area contributed by atoms with Gasteiger partial charge < -0.3 is 14.2 Å². The van der Waals surface area contributed by atoms with Crippen molar-refractivity contribution in [3.05, 3.63) is 23.8 Å². The third-order valence-corrected chi connectivity index (χ3v) is 2.15. The standard InChI is InChI=1S/C13H18O4/c1-4-16-12-7-11(10(2)14)8-13(9-12)17-6-5-15-3/h7-9H,4-6H2,1-3H3. The fourth-order valence-corrected chi connectivity index (χ4v) is 1.35. The van der Waals surface area contributed by atoms with Crippen molar-refractivity contribution >= 4 is 5.78 Å². The molecule has 1 aromatic carbocycles.